The molecule has 0 radical (unpaired) electrons. The van der Waals surface area contributed by atoms with Crippen LogP contribution in [0, 0.1) is 0 Å². The number of rotatable bonds is 2. The maximum Gasteiger partial charge on any atom is 0.211 e. The van der Waals surface area contributed by atoms with Crippen molar-refractivity contribution < 1.29 is 13.9 Å². The van der Waals surface area contributed by atoms with E-state index in [1.807, 2.05) is 6.92 Å². The molecule has 1 aliphatic heterocycles. The van der Waals surface area contributed by atoms with Gasteiger partial charge in [-0.3, -0.25) is 0 Å². The molecule has 1 aromatic rings. The molecule has 5 nitrogen and oxygen atoms in total. The van der Waals surface area contributed by atoms with Gasteiger partial charge in [0.25, 0.3) is 0 Å². The number of ether oxygens (including phenoxy) is 2. The van der Waals surface area contributed by atoms with Crippen molar-refractivity contribution in [2.45, 2.75) is 19.1 Å². The van der Waals surface area contributed by atoms with Gasteiger partial charge in [-0.1, -0.05) is 0 Å². The Bertz CT molecular complexity index is 292. The zero-order chi connectivity index (χ0) is 9.97. The monoisotopic (exact) mass is 198 g/mol. The van der Waals surface area contributed by atoms with E-state index < -0.39 is 0 Å². The molecular weight excluding hydrogens is 184 g/mol. The van der Waals surface area contributed by atoms with Crippen molar-refractivity contribution in [2.24, 2.45) is 5.73 Å². The van der Waals surface area contributed by atoms with Gasteiger partial charge in [0.2, 0.25) is 5.89 Å². The number of hydrogen-bond donors (Lipinski definition) is 1. The molecule has 78 valence electrons. The maximum atomic E-state index is 5.63. The largest absolute Gasteiger partial charge is 0.441 e. The molecule has 2 N–H and O–H groups in total. The molecule has 0 saturated carbocycles. The van der Waals surface area contributed by atoms with Gasteiger partial charge in [-0.2, -0.15) is 0 Å². The standard InChI is InChI=1S/C9H14N2O3/c1-6(10)9-11-4-7(14-9)8-5-12-2-3-13-8/h4,6,8H,2-3,5,10H2,1H3. The first kappa shape index (κ1) is 9.64. The number of aromatic nitrogens is 1. The maximum absolute atomic E-state index is 5.63. The van der Waals surface area contributed by atoms with Crippen LogP contribution in [-0.4, -0.2) is 24.8 Å². The summed E-state index contributed by atoms with van der Waals surface area (Å²) >= 11 is 0. The minimum absolute atomic E-state index is 0.135. The third kappa shape index (κ3) is 1.95. The molecule has 0 bridgehead atoms. The highest BCUT2D eigenvalue weighted by Gasteiger charge is 2.21. The summed E-state index contributed by atoms with van der Waals surface area (Å²) < 4.78 is 16.2. The fraction of sp³-hybridized carbons (Fsp3) is 0.667. The Labute approximate surface area is 82.2 Å². The quantitative estimate of drug-likeness (QED) is 0.760. The molecule has 0 aliphatic carbocycles. The molecule has 2 unspecified atom stereocenters. The minimum atomic E-state index is -0.187. The summed E-state index contributed by atoms with van der Waals surface area (Å²) in [4.78, 5) is 4.06. The van der Waals surface area contributed by atoms with Crippen LogP contribution in [0.15, 0.2) is 10.6 Å². The zero-order valence-electron chi connectivity index (χ0n) is 8.10. The highest BCUT2D eigenvalue weighted by molar-refractivity contribution is 5.01. The Balaban J connectivity index is 2.07. The molecule has 0 spiro atoms. The first-order valence-corrected chi connectivity index (χ1v) is 4.68. The first-order valence-electron chi connectivity index (χ1n) is 4.68. The summed E-state index contributed by atoms with van der Waals surface area (Å²) in [6, 6.07) is -0.187. The van der Waals surface area contributed by atoms with Crippen LogP contribution in [0.1, 0.15) is 30.7 Å². The van der Waals surface area contributed by atoms with Crippen molar-refractivity contribution in [3.8, 4) is 0 Å². The number of nitrogens with zero attached hydrogens (tertiary/aromatic N) is 1. The van der Waals surface area contributed by atoms with Crippen LogP contribution in [0.2, 0.25) is 0 Å². The third-order valence-corrected chi connectivity index (χ3v) is 2.06. The van der Waals surface area contributed by atoms with Gasteiger partial charge in [0.05, 0.1) is 32.1 Å². The van der Waals surface area contributed by atoms with Gasteiger partial charge in [0, 0.05) is 0 Å². The summed E-state index contributed by atoms with van der Waals surface area (Å²) in [5.74, 6) is 1.23. The molecule has 1 aromatic heterocycles. The molecule has 14 heavy (non-hydrogen) atoms. The Morgan fingerprint density at radius 2 is 2.43 bits per heavy atom. The van der Waals surface area contributed by atoms with E-state index in [1.165, 1.54) is 0 Å². The zero-order valence-corrected chi connectivity index (χ0v) is 8.10. The van der Waals surface area contributed by atoms with Crippen molar-refractivity contribution in [3.63, 3.8) is 0 Å². The Morgan fingerprint density at radius 3 is 3.00 bits per heavy atom. The summed E-state index contributed by atoms with van der Waals surface area (Å²) in [5, 5.41) is 0. The summed E-state index contributed by atoms with van der Waals surface area (Å²) in [6.07, 6.45) is 1.52. The predicted molar refractivity (Wildman–Crippen MR) is 48.6 cm³/mol. The molecule has 2 atom stereocenters. The van der Waals surface area contributed by atoms with Crippen molar-refractivity contribution in [2.75, 3.05) is 19.8 Å². The van der Waals surface area contributed by atoms with E-state index in [0.717, 1.165) is 0 Å². The fourth-order valence-corrected chi connectivity index (χ4v) is 1.31. The lowest BCUT2D eigenvalue weighted by atomic mass is 10.3. The van der Waals surface area contributed by atoms with Gasteiger partial charge >= 0.3 is 0 Å². The second kappa shape index (κ2) is 4.08. The number of nitrogens with two attached hydrogens (primary N) is 1. The van der Waals surface area contributed by atoms with E-state index in [9.17, 15) is 0 Å². The fourth-order valence-electron chi connectivity index (χ4n) is 1.31. The Kier molecular flexibility index (Phi) is 2.81. The van der Waals surface area contributed by atoms with Gasteiger partial charge in [-0.25, -0.2) is 4.98 Å². The molecule has 2 rings (SSSR count). The van der Waals surface area contributed by atoms with Crippen LogP contribution < -0.4 is 5.73 Å². The lowest BCUT2D eigenvalue weighted by molar-refractivity contribution is -0.0979. The second-order valence-electron chi connectivity index (χ2n) is 3.32. The van der Waals surface area contributed by atoms with Crippen LogP contribution in [0.25, 0.3) is 0 Å². The normalized spacial score (nSPS) is 24.9. The minimum Gasteiger partial charge on any atom is -0.441 e. The van der Waals surface area contributed by atoms with Crippen molar-refractivity contribution in [1.82, 2.24) is 4.98 Å². The van der Waals surface area contributed by atoms with Gasteiger partial charge in [0.1, 0.15) is 6.10 Å². The van der Waals surface area contributed by atoms with Crippen molar-refractivity contribution in [3.05, 3.63) is 17.8 Å². The smallest absolute Gasteiger partial charge is 0.211 e. The summed E-state index contributed by atoms with van der Waals surface area (Å²) in [5.41, 5.74) is 5.63. The second-order valence-corrected chi connectivity index (χ2v) is 3.32. The summed E-state index contributed by atoms with van der Waals surface area (Å²) in [7, 11) is 0. The van der Waals surface area contributed by atoms with Gasteiger partial charge < -0.3 is 19.6 Å². The highest BCUT2D eigenvalue weighted by Crippen LogP contribution is 2.22. The van der Waals surface area contributed by atoms with Gasteiger partial charge in [-0.05, 0) is 6.92 Å². The van der Waals surface area contributed by atoms with E-state index in [2.05, 4.69) is 4.98 Å². The van der Waals surface area contributed by atoms with Crippen LogP contribution in [0.5, 0.6) is 0 Å². The van der Waals surface area contributed by atoms with Crippen LogP contribution in [0.4, 0.5) is 0 Å². The van der Waals surface area contributed by atoms with Crippen LogP contribution in [0.3, 0.4) is 0 Å². The number of oxazole rings is 1. The average Bonchev–Trinajstić information content (AvgIpc) is 2.68. The molecule has 0 aromatic carbocycles. The first-order chi connectivity index (χ1) is 6.77. The summed E-state index contributed by atoms with van der Waals surface area (Å²) in [6.45, 7) is 3.59. The molecule has 5 heteroatoms. The van der Waals surface area contributed by atoms with Gasteiger partial charge in [-0.15, -0.1) is 0 Å². The van der Waals surface area contributed by atoms with E-state index in [-0.39, 0.29) is 12.1 Å². The van der Waals surface area contributed by atoms with E-state index in [4.69, 9.17) is 19.6 Å². The van der Waals surface area contributed by atoms with E-state index in [1.54, 1.807) is 6.20 Å². The molecule has 1 aliphatic rings. The van der Waals surface area contributed by atoms with Crippen LogP contribution >= 0.6 is 0 Å². The molecule has 0 amide bonds. The average molecular weight is 198 g/mol. The third-order valence-electron chi connectivity index (χ3n) is 2.06. The topological polar surface area (TPSA) is 70.5 Å². The van der Waals surface area contributed by atoms with E-state index in [0.29, 0.717) is 31.5 Å². The highest BCUT2D eigenvalue weighted by atomic mass is 16.6. The van der Waals surface area contributed by atoms with Crippen molar-refractivity contribution in [1.29, 1.82) is 0 Å². The lowest BCUT2D eigenvalue weighted by Crippen LogP contribution is -2.21. The molecule has 2 heterocycles. The molecule has 1 fully saturated rings. The lowest BCUT2D eigenvalue weighted by Gasteiger charge is -2.20. The predicted octanol–water partition coefficient (Wildman–Crippen LogP) is 0.782. The van der Waals surface area contributed by atoms with Gasteiger partial charge in [0.15, 0.2) is 5.76 Å². The molecule has 1 saturated heterocycles. The number of hydrogen-bond acceptors (Lipinski definition) is 5. The van der Waals surface area contributed by atoms with Crippen LogP contribution in [-0.2, 0) is 9.47 Å². The van der Waals surface area contributed by atoms with E-state index >= 15 is 0 Å². The molecular formula is C9H14N2O3. The SMILES string of the molecule is CC(N)c1ncc(C2COCCO2)o1. The van der Waals surface area contributed by atoms with Crippen molar-refractivity contribution >= 4 is 0 Å². The Hall–Kier alpha value is -0.910. The Morgan fingerprint density at radius 1 is 1.57 bits per heavy atom.